The van der Waals surface area contributed by atoms with Gasteiger partial charge in [0, 0.05) is 6.07 Å². The molecule has 2 N–H and O–H groups in total. The smallest absolute Gasteiger partial charge is 0.226 e. The van der Waals surface area contributed by atoms with E-state index in [1.54, 1.807) is 19.1 Å². The Morgan fingerprint density at radius 1 is 1.32 bits per heavy atom. The number of rotatable bonds is 4. The zero-order chi connectivity index (χ0) is 13.8. The minimum Gasteiger partial charge on any atom is -0.454 e. The van der Waals surface area contributed by atoms with Crippen LogP contribution >= 0.6 is 0 Å². The van der Waals surface area contributed by atoms with Crippen LogP contribution in [-0.2, 0) is 4.79 Å². The van der Waals surface area contributed by atoms with Crippen LogP contribution in [0.1, 0.15) is 18.5 Å². The summed E-state index contributed by atoms with van der Waals surface area (Å²) in [4.78, 5) is 18.8. The van der Waals surface area contributed by atoms with Crippen molar-refractivity contribution in [2.75, 3.05) is 0 Å². The molecule has 2 aromatic rings. The lowest BCUT2D eigenvalue weighted by atomic mass is 10.1. The molecule has 0 bridgehead atoms. The Morgan fingerprint density at radius 3 is 2.68 bits per heavy atom. The van der Waals surface area contributed by atoms with Crippen molar-refractivity contribution in [3.8, 4) is 11.5 Å². The summed E-state index contributed by atoms with van der Waals surface area (Å²) in [5.41, 5.74) is 5.74. The molecule has 1 atom stereocenters. The zero-order valence-electron chi connectivity index (χ0n) is 10.2. The summed E-state index contributed by atoms with van der Waals surface area (Å²) in [6.45, 7) is 1.67. The van der Waals surface area contributed by atoms with Crippen molar-refractivity contribution in [2.24, 2.45) is 5.73 Å². The van der Waals surface area contributed by atoms with Gasteiger partial charge in [-0.15, -0.1) is 0 Å². The number of nitrogens with zero attached hydrogens (tertiary/aromatic N) is 2. The Labute approximate surface area is 109 Å². The van der Waals surface area contributed by atoms with E-state index in [-0.39, 0.29) is 5.75 Å². The molecular weight excluding hydrogens is 249 g/mol. The van der Waals surface area contributed by atoms with Crippen molar-refractivity contribution >= 4 is 5.91 Å². The lowest BCUT2D eigenvalue weighted by Gasteiger charge is -2.08. The van der Waals surface area contributed by atoms with Crippen molar-refractivity contribution in [1.82, 2.24) is 9.97 Å². The fourth-order valence-corrected chi connectivity index (χ4v) is 1.44. The van der Waals surface area contributed by atoms with Crippen LogP contribution in [-0.4, -0.2) is 15.9 Å². The number of pyridine rings is 2. The molecule has 2 heterocycles. The monoisotopic (exact) mass is 261 g/mol. The fourth-order valence-electron chi connectivity index (χ4n) is 1.44. The van der Waals surface area contributed by atoms with Crippen LogP contribution in [0.4, 0.5) is 4.39 Å². The number of nitrogens with two attached hydrogens (primary N) is 1. The van der Waals surface area contributed by atoms with Gasteiger partial charge in [0.1, 0.15) is 17.3 Å². The highest BCUT2D eigenvalue weighted by Crippen LogP contribution is 2.22. The van der Waals surface area contributed by atoms with Gasteiger partial charge in [-0.1, -0.05) is 0 Å². The Morgan fingerprint density at radius 2 is 2.11 bits per heavy atom. The number of hydrogen-bond acceptors (Lipinski definition) is 4. The summed E-state index contributed by atoms with van der Waals surface area (Å²) in [7, 11) is 0. The van der Waals surface area contributed by atoms with E-state index in [1.165, 1.54) is 18.5 Å². The number of halogens is 1. The molecule has 0 aromatic carbocycles. The summed E-state index contributed by atoms with van der Waals surface area (Å²) in [6.07, 6.45) is 3.92. The normalized spacial score (nSPS) is 11.9. The molecule has 0 aliphatic carbocycles. The van der Waals surface area contributed by atoms with Gasteiger partial charge in [0.25, 0.3) is 0 Å². The maximum Gasteiger partial charge on any atom is 0.226 e. The largest absolute Gasteiger partial charge is 0.454 e. The lowest BCUT2D eigenvalue weighted by Crippen LogP contribution is -2.19. The van der Waals surface area contributed by atoms with Crippen LogP contribution in [0.25, 0.3) is 0 Å². The van der Waals surface area contributed by atoms with Gasteiger partial charge in [0.15, 0.2) is 0 Å². The summed E-state index contributed by atoms with van der Waals surface area (Å²) in [6, 6.07) is 4.48. The van der Waals surface area contributed by atoms with Crippen LogP contribution in [0, 0.1) is 5.82 Å². The number of amides is 1. The van der Waals surface area contributed by atoms with Gasteiger partial charge in [-0.2, -0.15) is 0 Å². The third-order valence-corrected chi connectivity index (χ3v) is 2.55. The van der Waals surface area contributed by atoms with Gasteiger partial charge < -0.3 is 10.5 Å². The fraction of sp³-hybridized carbons (Fsp3) is 0.154. The van der Waals surface area contributed by atoms with E-state index in [4.69, 9.17) is 10.5 Å². The average Bonchev–Trinajstić information content (AvgIpc) is 2.39. The second-order valence-electron chi connectivity index (χ2n) is 3.98. The number of carbonyl (C=O) groups is 1. The summed E-state index contributed by atoms with van der Waals surface area (Å²) in [5, 5.41) is 0. The Kier molecular flexibility index (Phi) is 3.70. The first-order valence-electron chi connectivity index (χ1n) is 5.60. The summed E-state index contributed by atoms with van der Waals surface area (Å²) < 4.78 is 18.3. The second kappa shape index (κ2) is 5.43. The molecule has 0 saturated heterocycles. The molecule has 1 unspecified atom stereocenters. The molecule has 98 valence electrons. The second-order valence-corrected chi connectivity index (χ2v) is 3.98. The zero-order valence-corrected chi connectivity index (χ0v) is 10.2. The number of ether oxygens (including phenoxy) is 1. The lowest BCUT2D eigenvalue weighted by molar-refractivity contribution is -0.119. The van der Waals surface area contributed by atoms with E-state index in [9.17, 15) is 9.18 Å². The molecule has 0 fully saturated rings. The van der Waals surface area contributed by atoms with Gasteiger partial charge >= 0.3 is 0 Å². The van der Waals surface area contributed by atoms with E-state index in [1.807, 2.05) is 0 Å². The molecule has 1 amide bonds. The van der Waals surface area contributed by atoms with E-state index in [0.29, 0.717) is 11.4 Å². The molecule has 0 saturated carbocycles. The summed E-state index contributed by atoms with van der Waals surface area (Å²) >= 11 is 0. The first-order chi connectivity index (χ1) is 9.06. The minimum atomic E-state index is -0.482. The molecule has 19 heavy (non-hydrogen) atoms. The van der Waals surface area contributed by atoms with Crippen molar-refractivity contribution in [3.63, 3.8) is 0 Å². The molecule has 0 aliphatic heterocycles. The van der Waals surface area contributed by atoms with Crippen molar-refractivity contribution in [3.05, 3.63) is 48.3 Å². The third-order valence-electron chi connectivity index (χ3n) is 2.55. The molecule has 0 radical (unpaired) electrons. The molecule has 5 nitrogen and oxygen atoms in total. The number of aromatic nitrogens is 2. The summed E-state index contributed by atoms with van der Waals surface area (Å²) in [5.74, 6) is -0.699. The quantitative estimate of drug-likeness (QED) is 0.913. The Bertz CT molecular complexity index is 587. The van der Waals surface area contributed by atoms with Crippen molar-refractivity contribution < 1.29 is 13.9 Å². The highest BCUT2D eigenvalue weighted by Gasteiger charge is 2.12. The molecule has 2 rings (SSSR count). The van der Waals surface area contributed by atoms with Gasteiger partial charge in [-0.3, -0.25) is 14.8 Å². The number of primary amides is 1. The van der Waals surface area contributed by atoms with Gasteiger partial charge in [-0.05, 0) is 19.1 Å². The maximum absolute atomic E-state index is 12.9. The van der Waals surface area contributed by atoms with Crippen LogP contribution < -0.4 is 10.5 Å². The number of carbonyl (C=O) groups excluding carboxylic acids is 1. The highest BCUT2D eigenvalue weighted by molar-refractivity contribution is 5.80. The van der Waals surface area contributed by atoms with Crippen LogP contribution in [0.15, 0.2) is 36.8 Å². The number of hydrogen-bond donors (Lipinski definition) is 1. The molecule has 2 aromatic heterocycles. The van der Waals surface area contributed by atoms with Crippen molar-refractivity contribution in [1.29, 1.82) is 0 Å². The van der Waals surface area contributed by atoms with Crippen LogP contribution in [0.5, 0.6) is 11.5 Å². The van der Waals surface area contributed by atoms with E-state index < -0.39 is 17.6 Å². The van der Waals surface area contributed by atoms with Crippen LogP contribution in [0.2, 0.25) is 0 Å². The minimum absolute atomic E-state index is 0.275. The highest BCUT2D eigenvalue weighted by atomic mass is 19.1. The molecule has 6 heteroatoms. The van der Waals surface area contributed by atoms with E-state index >= 15 is 0 Å². The van der Waals surface area contributed by atoms with Crippen LogP contribution in [0.3, 0.4) is 0 Å². The molecule has 0 spiro atoms. The molecular formula is C13H12FN3O2. The average molecular weight is 261 g/mol. The predicted molar refractivity (Wildman–Crippen MR) is 66.1 cm³/mol. The Hall–Kier alpha value is -2.50. The predicted octanol–water partition coefficient (Wildman–Crippen LogP) is 2.00. The first kappa shape index (κ1) is 12.9. The topological polar surface area (TPSA) is 78.1 Å². The third kappa shape index (κ3) is 3.25. The first-order valence-corrected chi connectivity index (χ1v) is 5.60. The van der Waals surface area contributed by atoms with Gasteiger partial charge in [0.05, 0.1) is 30.2 Å². The van der Waals surface area contributed by atoms with E-state index in [0.717, 1.165) is 6.20 Å². The standard InChI is InChI=1S/C13H12FN3O2/c1-8(13(15)18)12-3-2-10(7-17-12)19-11-4-9(14)5-16-6-11/h2-8H,1H3,(H2,15,18). The Balaban J connectivity index is 2.13. The van der Waals surface area contributed by atoms with Gasteiger partial charge in [0.2, 0.25) is 5.91 Å². The van der Waals surface area contributed by atoms with Crippen molar-refractivity contribution in [2.45, 2.75) is 12.8 Å². The maximum atomic E-state index is 12.9. The molecule has 0 aliphatic rings. The SMILES string of the molecule is CC(C(N)=O)c1ccc(Oc2cncc(F)c2)cn1. The van der Waals surface area contributed by atoms with E-state index in [2.05, 4.69) is 9.97 Å². The van der Waals surface area contributed by atoms with Gasteiger partial charge in [-0.25, -0.2) is 4.39 Å².